The Hall–Kier alpha value is -3.36. The van der Waals surface area contributed by atoms with Gasteiger partial charge in [-0.1, -0.05) is 47.5 Å². The van der Waals surface area contributed by atoms with Gasteiger partial charge in [0.2, 0.25) is 17.8 Å². The highest BCUT2D eigenvalue weighted by Crippen LogP contribution is 2.26. The molecule has 2 fully saturated rings. The number of hydrogen-bond acceptors (Lipinski definition) is 7. The summed E-state index contributed by atoms with van der Waals surface area (Å²) in [6.07, 6.45) is 8.55. The van der Waals surface area contributed by atoms with E-state index in [9.17, 15) is 0 Å². The highest BCUT2D eigenvalue weighted by molar-refractivity contribution is 6.35. The Balaban J connectivity index is 1.27. The Morgan fingerprint density at radius 1 is 0.865 bits per heavy atom. The number of anilines is 3. The molecule has 10 heteroatoms. The van der Waals surface area contributed by atoms with E-state index in [4.69, 9.17) is 28.2 Å². The number of aromatic nitrogens is 4. The van der Waals surface area contributed by atoms with Crippen molar-refractivity contribution in [2.75, 3.05) is 41.4 Å². The highest BCUT2D eigenvalue weighted by atomic mass is 35.5. The summed E-state index contributed by atoms with van der Waals surface area (Å²) in [7, 11) is 0. The van der Waals surface area contributed by atoms with Gasteiger partial charge in [0.15, 0.2) is 0 Å². The molecule has 6 rings (SSSR count). The second-order valence-electron chi connectivity index (χ2n) is 9.48. The lowest BCUT2D eigenvalue weighted by Gasteiger charge is -2.20. The van der Waals surface area contributed by atoms with E-state index >= 15 is 0 Å². The van der Waals surface area contributed by atoms with E-state index in [1.807, 2.05) is 30.5 Å². The molecule has 2 aromatic heterocycles. The second kappa shape index (κ2) is 10.6. The van der Waals surface area contributed by atoms with Crippen LogP contribution in [0.25, 0.3) is 10.9 Å². The van der Waals surface area contributed by atoms with Gasteiger partial charge in [0.25, 0.3) is 0 Å². The summed E-state index contributed by atoms with van der Waals surface area (Å²) in [6, 6.07) is 13.9. The van der Waals surface area contributed by atoms with Crippen molar-refractivity contribution in [2.24, 2.45) is 5.10 Å². The summed E-state index contributed by atoms with van der Waals surface area (Å²) in [5.74, 6) is 1.92. The lowest BCUT2D eigenvalue weighted by molar-refractivity contribution is 0.836. The molecular weight excluding hydrogens is 507 g/mol. The van der Waals surface area contributed by atoms with Gasteiger partial charge in [0.1, 0.15) is 0 Å². The monoisotopic (exact) mass is 534 g/mol. The van der Waals surface area contributed by atoms with E-state index in [-0.39, 0.29) is 0 Å². The Bertz CT molecular complexity index is 1400. The van der Waals surface area contributed by atoms with Crippen molar-refractivity contribution in [3.05, 3.63) is 69.8 Å². The number of nitrogens with one attached hydrogen (secondary N) is 1. The van der Waals surface area contributed by atoms with E-state index < -0.39 is 0 Å². The van der Waals surface area contributed by atoms with Gasteiger partial charge in [0, 0.05) is 65.4 Å². The topological polar surface area (TPSA) is 74.5 Å². The number of rotatable bonds is 7. The van der Waals surface area contributed by atoms with Gasteiger partial charge in [-0.3, -0.25) is 0 Å². The molecular formula is C27H28Cl2N8. The van der Waals surface area contributed by atoms with Crippen molar-refractivity contribution in [3.8, 4) is 0 Å². The van der Waals surface area contributed by atoms with Crippen molar-refractivity contribution in [1.82, 2.24) is 19.5 Å². The van der Waals surface area contributed by atoms with Crippen LogP contribution in [0.3, 0.4) is 0 Å². The first-order valence-corrected chi connectivity index (χ1v) is 13.5. The van der Waals surface area contributed by atoms with Gasteiger partial charge in [0.05, 0.1) is 6.21 Å². The normalized spacial score (nSPS) is 15.9. The molecule has 0 aliphatic carbocycles. The fourth-order valence-corrected chi connectivity index (χ4v) is 5.49. The van der Waals surface area contributed by atoms with Crippen LogP contribution in [0.5, 0.6) is 0 Å². The van der Waals surface area contributed by atoms with Gasteiger partial charge in [-0.05, 0) is 49.4 Å². The average Bonchev–Trinajstić information content (AvgIpc) is 3.68. The molecule has 1 N–H and O–H groups in total. The number of halogens is 2. The van der Waals surface area contributed by atoms with Crippen LogP contribution in [0.2, 0.25) is 10.0 Å². The van der Waals surface area contributed by atoms with Crippen molar-refractivity contribution < 1.29 is 0 Å². The zero-order chi connectivity index (χ0) is 25.2. The van der Waals surface area contributed by atoms with Gasteiger partial charge >= 0.3 is 0 Å². The SMILES string of the molecule is Clc1ccc(Cn2cc(C=NNc3nc(N4CCCC4)nc(N4CCCC4)n3)c3ccccc32)c(Cl)c1. The molecule has 0 bridgehead atoms. The number of fused-ring (bicyclic) bond motifs is 1. The van der Waals surface area contributed by atoms with E-state index in [1.165, 1.54) is 0 Å². The number of nitrogens with zero attached hydrogens (tertiary/aromatic N) is 7. The molecule has 0 unspecified atom stereocenters. The van der Waals surface area contributed by atoms with Crippen LogP contribution in [0, 0.1) is 0 Å². The van der Waals surface area contributed by atoms with Crippen molar-refractivity contribution in [3.63, 3.8) is 0 Å². The summed E-state index contributed by atoms with van der Waals surface area (Å²) in [5, 5.41) is 6.91. The minimum Gasteiger partial charge on any atom is -0.342 e. The quantitative estimate of drug-likeness (QED) is 0.237. The van der Waals surface area contributed by atoms with Gasteiger partial charge < -0.3 is 14.4 Å². The van der Waals surface area contributed by atoms with Crippen LogP contribution >= 0.6 is 23.2 Å². The van der Waals surface area contributed by atoms with Gasteiger partial charge in [-0.25, -0.2) is 5.43 Å². The third-order valence-electron chi connectivity index (χ3n) is 6.93. The van der Waals surface area contributed by atoms with E-state index in [0.717, 1.165) is 85.8 Å². The zero-order valence-corrected chi connectivity index (χ0v) is 22.0. The van der Waals surface area contributed by atoms with E-state index in [2.05, 4.69) is 53.2 Å². The molecule has 2 saturated heterocycles. The molecule has 8 nitrogen and oxygen atoms in total. The molecule has 0 saturated carbocycles. The minimum atomic E-state index is 0.465. The maximum Gasteiger partial charge on any atom is 0.250 e. The van der Waals surface area contributed by atoms with Crippen LogP contribution in [0.4, 0.5) is 17.8 Å². The standard InChI is InChI=1S/C27H28Cl2N8/c28-21-10-9-19(23(29)15-21)17-37-18-20(22-7-1-2-8-24(22)37)16-30-34-25-31-26(35-11-3-4-12-35)33-27(32-25)36-13-5-6-14-36/h1-2,7-10,15-16,18H,3-6,11-14,17H2,(H,31,32,33,34). The van der Waals surface area contributed by atoms with Crippen LogP contribution in [0.1, 0.15) is 36.8 Å². The molecule has 190 valence electrons. The van der Waals surface area contributed by atoms with Crippen molar-refractivity contribution in [2.45, 2.75) is 32.2 Å². The molecule has 0 radical (unpaired) electrons. The molecule has 37 heavy (non-hydrogen) atoms. The zero-order valence-electron chi connectivity index (χ0n) is 20.4. The minimum absolute atomic E-state index is 0.465. The maximum absolute atomic E-state index is 6.45. The Labute approximate surface area is 225 Å². The van der Waals surface area contributed by atoms with Crippen molar-refractivity contribution in [1.29, 1.82) is 0 Å². The van der Waals surface area contributed by atoms with Crippen LogP contribution in [-0.4, -0.2) is 51.9 Å². The third kappa shape index (κ3) is 5.22. The van der Waals surface area contributed by atoms with E-state index in [1.54, 1.807) is 6.07 Å². The summed E-state index contributed by atoms with van der Waals surface area (Å²) < 4.78 is 2.17. The first-order chi connectivity index (χ1) is 18.1. The number of benzene rings is 2. The summed E-state index contributed by atoms with van der Waals surface area (Å²) in [5.41, 5.74) is 6.16. The molecule has 0 spiro atoms. The molecule has 4 aromatic rings. The van der Waals surface area contributed by atoms with Crippen LogP contribution < -0.4 is 15.2 Å². The molecule has 4 heterocycles. The molecule has 2 aromatic carbocycles. The maximum atomic E-state index is 6.45. The largest absolute Gasteiger partial charge is 0.342 e. The van der Waals surface area contributed by atoms with Gasteiger partial charge in [-0.2, -0.15) is 20.1 Å². The predicted octanol–water partition coefficient (Wildman–Crippen LogP) is 5.83. The highest BCUT2D eigenvalue weighted by Gasteiger charge is 2.21. The van der Waals surface area contributed by atoms with Crippen LogP contribution in [-0.2, 0) is 6.54 Å². The lowest BCUT2D eigenvalue weighted by atomic mass is 10.2. The van der Waals surface area contributed by atoms with Crippen molar-refractivity contribution >= 4 is 58.2 Å². The lowest BCUT2D eigenvalue weighted by Crippen LogP contribution is -2.25. The summed E-state index contributed by atoms with van der Waals surface area (Å²) in [4.78, 5) is 18.6. The second-order valence-corrected chi connectivity index (χ2v) is 10.3. The van der Waals surface area contributed by atoms with Gasteiger partial charge in [-0.15, -0.1) is 0 Å². The molecule has 0 amide bonds. The van der Waals surface area contributed by atoms with Crippen LogP contribution in [0.15, 0.2) is 53.8 Å². The molecule has 0 atom stereocenters. The first kappa shape index (κ1) is 24.0. The Kier molecular flexibility index (Phi) is 6.85. The fraction of sp³-hybridized carbons (Fsp3) is 0.333. The number of hydrazone groups is 1. The Morgan fingerprint density at radius 3 is 2.22 bits per heavy atom. The predicted molar refractivity (Wildman–Crippen MR) is 151 cm³/mol. The molecule has 2 aliphatic heterocycles. The summed E-state index contributed by atoms with van der Waals surface area (Å²) >= 11 is 12.5. The fourth-order valence-electron chi connectivity index (χ4n) is 5.02. The molecule has 2 aliphatic rings. The van der Waals surface area contributed by atoms with E-state index in [0.29, 0.717) is 22.5 Å². The number of hydrogen-bond donors (Lipinski definition) is 1. The smallest absolute Gasteiger partial charge is 0.250 e. The number of para-hydroxylation sites is 1. The third-order valence-corrected chi connectivity index (χ3v) is 7.52. The summed E-state index contributed by atoms with van der Waals surface area (Å²) in [6.45, 7) is 4.53. The Morgan fingerprint density at radius 2 is 1.54 bits per heavy atom. The first-order valence-electron chi connectivity index (χ1n) is 12.7. The average molecular weight is 535 g/mol.